The average molecular weight is 269 g/mol. The first kappa shape index (κ1) is 11.2. The van der Waals surface area contributed by atoms with E-state index in [4.69, 9.17) is 16.0 Å². The Kier molecular flexibility index (Phi) is 2.37. The van der Waals surface area contributed by atoms with Gasteiger partial charge in [0.05, 0.1) is 11.8 Å². The second-order valence-corrected chi connectivity index (χ2v) is 4.56. The van der Waals surface area contributed by atoms with Gasteiger partial charge in [-0.05, 0) is 47.4 Å². The molecule has 1 aliphatic carbocycles. The Labute approximate surface area is 106 Å². The second kappa shape index (κ2) is 3.81. The Morgan fingerprint density at radius 2 is 2.33 bits per heavy atom. The number of hydrogen-bond acceptors (Lipinski definition) is 5. The average Bonchev–Trinajstić information content (AvgIpc) is 2.84. The van der Waals surface area contributed by atoms with E-state index in [0.29, 0.717) is 24.2 Å². The van der Waals surface area contributed by atoms with Crippen LogP contribution in [0.3, 0.4) is 0 Å². The summed E-state index contributed by atoms with van der Waals surface area (Å²) in [5.74, 6) is -0.613. The monoisotopic (exact) mass is 268 g/mol. The number of carbonyl (C=O) groups is 1. The van der Waals surface area contributed by atoms with Gasteiger partial charge < -0.3 is 9.52 Å². The highest BCUT2D eigenvalue weighted by atomic mass is 35.5. The molecule has 3 rings (SSSR count). The number of furan rings is 1. The van der Waals surface area contributed by atoms with Crippen LogP contribution in [0, 0.1) is 0 Å². The molecule has 0 bridgehead atoms. The van der Waals surface area contributed by atoms with Crippen LogP contribution in [-0.2, 0) is 10.3 Å². The number of tetrazole rings is 1. The normalized spacial score (nSPS) is 17.4. The molecule has 7 nitrogen and oxygen atoms in total. The number of aliphatic carboxylic acids is 1. The molecule has 8 heteroatoms. The molecule has 1 saturated carbocycles. The van der Waals surface area contributed by atoms with Gasteiger partial charge in [-0.25, -0.2) is 9.48 Å². The maximum absolute atomic E-state index is 11.4. The van der Waals surface area contributed by atoms with Gasteiger partial charge in [-0.2, -0.15) is 0 Å². The Morgan fingerprint density at radius 1 is 1.56 bits per heavy atom. The molecule has 18 heavy (non-hydrogen) atoms. The van der Waals surface area contributed by atoms with E-state index in [0.717, 1.165) is 6.42 Å². The Hall–Kier alpha value is -1.89. The van der Waals surface area contributed by atoms with Crippen LogP contribution in [0.5, 0.6) is 0 Å². The first-order valence-corrected chi connectivity index (χ1v) is 5.78. The highest BCUT2D eigenvalue weighted by Crippen LogP contribution is 2.41. The molecule has 94 valence electrons. The summed E-state index contributed by atoms with van der Waals surface area (Å²) in [6.07, 6.45) is 3.27. The largest absolute Gasteiger partial charge is 0.479 e. The molecule has 0 saturated heterocycles. The molecule has 0 aromatic carbocycles. The third-order valence-corrected chi connectivity index (χ3v) is 3.61. The van der Waals surface area contributed by atoms with Gasteiger partial charge in [-0.3, -0.25) is 0 Å². The van der Waals surface area contributed by atoms with Crippen LogP contribution in [0.2, 0.25) is 5.22 Å². The smallest absolute Gasteiger partial charge is 0.331 e. The SMILES string of the molecule is O=C(O)C1(n2nnnc2-c2ccoc2Cl)CCC1. The number of carboxylic acid groups (broad SMARTS) is 1. The predicted molar refractivity (Wildman–Crippen MR) is 60.0 cm³/mol. The minimum absolute atomic E-state index is 0.144. The number of rotatable bonds is 3. The van der Waals surface area contributed by atoms with E-state index in [1.807, 2.05) is 0 Å². The standard InChI is InChI=1S/C10H9ClN4O3/c11-7-6(2-5-18-7)8-12-13-14-15(8)10(9(16)17)3-1-4-10/h2,5H,1,3-4H2,(H,16,17). The summed E-state index contributed by atoms with van der Waals surface area (Å²) < 4.78 is 6.31. The number of hydrogen-bond donors (Lipinski definition) is 1. The molecule has 0 spiro atoms. The highest BCUT2D eigenvalue weighted by Gasteiger charge is 2.49. The van der Waals surface area contributed by atoms with E-state index in [-0.39, 0.29) is 5.22 Å². The van der Waals surface area contributed by atoms with Crippen molar-refractivity contribution < 1.29 is 14.3 Å². The fourth-order valence-corrected chi connectivity index (χ4v) is 2.32. The molecule has 2 heterocycles. The van der Waals surface area contributed by atoms with E-state index in [1.54, 1.807) is 6.07 Å². The molecular weight excluding hydrogens is 260 g/mol. The van der Waals surface area contributed by atoms with E-state index >= 15 is 0 Å². The number of nitrogens with zero attached hydrogens (tertiary/aromatic N) is 4. The third-order valence-electron chi connectivity index (χ3n) is 3.31. The summed E-state index contributed by atoms with van der Waals surface area (Å²) in [5.41, 5.74) is -0.561. The van der Waals surface area contributed by atoms with Crippen LogP contribution in [0.4, 0.5) is 0 Å². The van der Waals surface area contributed by atoms with Gasteiger partial charge >= 0.3 is 5.97 Å². The molecule has 1 aliphatic rings. The van der Waals surface area contributed by atoms with Gasteiger partial charge in [0.2, 0.25) is 5.22 Å². The van der Waals surface area contributed by atoms with Gasteiger partial charge in [0.25, 0.3) is 0 Å². The summed E-state index contributed by atoms with van der Waals surface area (Å²) in [7, 11) is 0. The lowest BCUT2D eigenvalue weighted by molar-refractivity contribution is -0.153. The van der Waals surface area contributed by atoms with Crippen molar-refractivity contribution in [2.24, 2.45) is 0 Å². The quantitative estimate of drug-likeness (QED) is 0.907. The van der Waals surface area contributed by atoms with Crippen molar-refractivity contribution in [1.29, 1.82) is 0 Å². The van der Waals surface area contributed by atoms with Crippen LogP contribution < -0.4 is 0 Å². The maximum Gasteiger partial charge on any atom is 0.331 e. The van der Waals surface area contributed by atoms with Gasteiger partial charge in [0.15, 0.2) is 11.4 Å². The molecule has 0 radical (unpaired) electrons. The maximum atomic E-state index is 11.4. The second-order valence-electron chi connectivity index (χ2n) is 4.21. The summed E-state index contributed by atoms with van der Waals surface area (Å²) in [5, 5.41) is 20.7. The first-order valence-electron chi connectivity index (χ1n) is 5.41. The zero-order valence-corrected chi connectivity index (χ0v) is 9.96. The van der Waals surface area contributed by atoms with Gasteiger partial charge in [-0.15, -0.1) is 5.10 Å². The molecule has 0 unspecified atom stereocenters. The van der Waals surface area contributed by atoms with Crippen LogP contribution >= 0.6 is 11.6 Å². The van der Waals surface area contributed by atoms with E-state index in [2.05, 4.69) is 15.5 Å². The summed E-state index contributed by atoms with van der Waals surface area (Å²) in [6, 6.07) is 1.61. The molecule has 0 amide bonds. The first-order chi connectivity index (χ1) is 8.65. The third kappa shape index (κ3) is 1.37. The van der Waals surface area contributed by atoms with Crippen LogP contribution in [-0.4, -0.2) is 31.3 Å². The van der Waals surface area contributed by atoms with E-state index < -0.39 is 11.5 Å². The lowest BCUT2D eigenvalue weighted by atomic mass is 9.77. The number of halogens is 1. The zero-order valence-electron chi connectivity index (χ0n) is 9.21. The van der Waals surface area contributed by atoms with Crippen molar-refractivity contribution in [2.75, 3.05) is 0 Å². The van der Waals surface area contributed by atoms with Gasteiger partial charge in [-0.1, -0.05) is 0 Å². The molecular formula is C10H9ClN4O3. The van der Waals surface area contributed by atoms with Crippen LogP contribution in [0.25, 0.3) is 11.4 Å². The zero-order chi connectivity index (χ0) is 12.8. The van der Waals surface area contributed by atoms with Crippen molar-refractivity contribution in [2.45, 2.75) is 24.8 Å². The minimum Gasteiger partial charge on any atom is -0.479 e. The van der Waals surface area contributed by atoms with Crippen molar-refractivity contribution in [3.63, 3.8) is 0 Å². The fraction of sp³-hybridized carbons (Fsp3) is 0.400. The molecule has 0 aliphatic heterocycles. The topological polar surface area (TPSA) is 94.0 Å². The molecule has 0 atom stereocenters. The van der Waals surface area contributed by atoms with Crippen LogP contribution in [0.15, 0.2) is 16.7 Å². The highest BCUT2D eigenvalue weighted by molar-refractivity contribution is 6.31. The summed E-state index contributed by atoms with van der Waals surface area (Å²) >= 11 is 5.87. The lowest BCUT2D eigenvalue weighted by Gasteiger charge is -2.37. The van der Waals surface area contributed by atoms with Gasteiger partial charge in [0.1, 0.15) is 0 Å². The molecule has 1 N–H and O–H groups in total. The predicted octanol–water partition coefficient (Wildman–Crippen LogP) is 1.55. The van der Waals surface area contributed by atoms with Crippen molar-refractivity contribution in [3.05, 3.63) is 17.5 Å². The van der Waals surface area contributed by atoms with Crippen LogP contribution in [0.1, 0.15) is 19.3 Å². The fourth-order valence-electron chi connectivity index (χ4n) is 2.12. The number of aromatic nitrogens is 4. The minimum atomic E-state index is -1.06. The Bertz CT molecular complexity index is 602. The number of carboxylic acids is 1. The van der Waals surface area contributed by atoms with Crippen molar-refractivity contribution >= 4 is 17.6 Å². The molecule has 2 aromatic heterocycles. The molecule has 1 fully saturated rings. The molecule has 2 aromatic rings. The van der Waals surface area contributed by atoms with Crippen molar-refractivity contribution in [1.82, 2.24) is 20.2 Å². The summed E-state index contributed by atoms with van der Waals surface area (Å²) in [6.45, 7) is 0. The Morgan fingerprint density at radius 3 is 2.83 bits per heavy atom. The lowest BCUT2D eigenvalue weighted by Crippen LogP contribution is -2.48. The van der Waals surface area contributed by atoms with Crippen molar-refractivity contribution in [3.8, 4) is 11.4 Å². The summed E-state index contributed by atoms with van der Waals surface area (Å²) in [4.78, 5) is 11.4. The van der Waals surface area contributed by atoms with Gasteiger partial charge in [0, 0.05) is 0 Å². The van der Waals surface area contributed by atoms with E-state index in [9.17, 15) is 9.90 Å². The van der Waals surface area contributed by atoms with E-state index in [1.165, 1.54) is 10.9 Å². The Balaban J connectivity index is 2.13.